The molecule has 0 saturated carbocycles. The third kappa shape index (κ3) is 2.70. The summed E-state index contributed by atoms with van der Waals surface area (Å²) in [5.41, 5.74) is 8.81. The normalized spacial score (nSPS) is 18.2. The fraction of sp³-hybridized carbons (Fsp3) is 0.429. The van der Waals surface area contributed by atoms with Crippen LogP contribution in [0.4, 0.5) is 0 Å². The van der Waals surface area contributed by atoms with Gasteiger partial charge in [-0.15, -0.1) is 0 Å². The molecule has 0 amide bonds. The lowest BCUT2D eigenvalue weighted by atomic mass is 9.94. The smallest absolute Gasteiger partial charge is 0.305 e. The van der Waals surface area contributed by atoms with Crippen LogP contribution < -0.4 is 5.73 Å². The van der Waals surface area contributed by atoms with Gasteiger partial charge in [-0.05, 0) is 36.3 Å². The number of rotatable bonds is 4. The molecule has 0 fully saturated rings. The zero-order valence-electron chi connectivity index (χ0n) is 10.9. The second-order valence-corrected chi connectivity index (χ2v) is 4.71. The Hall–Kier alpha value is -2.04. The van der Waals surface area contributed by atoms with Gasteiger partial charge in [-0.3, -0.25) is 4.79 Å². The maximum Gasteiger partial charge on any atom is 0.305 e. The molecule has 3 N–H and O–H groups in total. The first-order valence-corrected chi connectivity index (χ1v) is 6.34. The van der Waals surface area contributed by atoms with Crippen LogP contribution in [0.1, 0.15) is 41.9 Å². The highest BCUT2D eigenvalue weighted by Crippen LogP contribution is 2.37. The van der Waals surface area contributed by atoms with Crippen molar-refractivity contribution >= 4 is 11.8 Å². The van der Waals surface area contributed by atoms with E-state index in [9.17, 15) is 4.79 Å². The van der Waals surface area contributed by atoms with Crippen LogP contribution in [0.2, 0.25) is 0 Å². The third-order valence-corrected chi connectivity index (χ3v) is 3.70. The van der Waals surface area contributed by atoms with E-state index in [-0.39, 0.29) is 11.8 Å². The highest BCUT2D eigenvalue weighted by atomic mass is 16.5. The minimum absolute atomic E-state index is 0.144. The van der Waals surface area contributed by atoms with Gasteiger partial charge >= 0.3 is 5.97 Å². The van der Waals surface area contributed by atoms with Gasteiger partial charge in [0.05, 0.1) is 7.11 Å². The maximum atomic E-state index is 11.2. The van der Waals surface area contributed by atoms with Crippen molar-refractivity contribution in [3.05, 3.63) is 34.9 Å². The average Bonchev–Trinajstić information content (AvgIpc) is 2.86. The van der Waals surface area contributed by atoms with E-state index in [0.717, 1.165) is 30.4 Å². The van der Waals surface area contributed by atoms with Gasteiger partial charge in [0.15, 0.2) is 5.84 Å². The van der Waals surface area contributed by atoms with E-state index in [0.29, 0.717) is 12.3 Å². The number of hydrogen-bond acceptors (Lipinski definition) is 4. The molecule has 0 radical (unpaired) electrons. The molecule has 5 nitrogen and oxygen atoms in total. The lowest BCUT2D eigenvalue weighted by Gasteiger charge is -2.12. The first-order valence-electron chi connectivity index (χ1n) is 6.34. The van der Waals surface area contributed by atoms with Crippen LogP contribution >= 0.6 is 0 Å². The number of nitrogens with zero attached hydrogens (tertiary/aromatic N) is 1. The van der Waals surface area contributed by atoms with E-state index in [1.165, 1.54) is 12.7 Å². The predicted octanol–water partition coefficient (Wildman–Crippen LogP) is 1.76. The Kier molecular flexibility index (Phi) is 4.04. The topological polar surface area (TPSA) is 84.9 Å². The summed E-state index contributed by atoms with van der Waals surface area (Å²) < 4.78 is 4.67. The number of nitrogens with two attached hydrogens (primary N) is 1. The second kappa shape index (κ2) is 5.73. The molecule has 1 aliphatic carbocycles. The number of carbonyl (C=O) groups excluding carboxylic acids is 1. The quantitative estimate of drug-likeness (QED) is 0.285. The zero-order valence-corrected chi connectivity index (χ0v) is 10.9. The molecule has 5 heteroatoms. The maximum absolute atomic E-state index is 11.2. The summed E-state index contributed by atoms with van der Waals surface area (Å²) in [5.74, 6) is 0.312. The van der Waals surface area contributed by atoms with E-state index < -0.39 is 0 Å². The fourth-order valence-electron chi connectivity index (χ4n) is 2.73. The Bertz CT molecular complexity index is 511. The lowest BCUT2D eigenvalue weighted by Crippen LogP contribution is -2.15. The van der Waals surface area contributed by atoms with Crippen molar-refractivity contribution in [1.29, 1.82) is 0 Å². The van der Waals surface area contributed by atoms with E-state index in [4.69, 9.17) is 10.9 Å². The fourth-order valence-corrected chi connectivity index (χ4v) is 2.73. The van der Waals surface area contributed by atoms with Crippen molar-refractivity contribution in [3.8, 4) is 0 Å². The van der Waals surface area contributed by atoms with Crippen LogP contribution in [0, 0.1) is 0 Å². The van der Waals surface area contributed by atoms with Gasteiger partial charge < -0.3 is 15.7 Å². The minimum Gasteiger partial charge on any atom is -0.469 e. The van der Waals surface area contributed by atoms with E-state index in [2.05, 4.69) is 16.0 Å². The number of carbonyl (C=O) groups is 1. The van der Waals surface area contributed by atoms with E-state index in [1.807, 2.05) is 12.1 Å². The van der Waals surface area contributed by atoms with Crippen molar-refractivity contribution in [2.45, 2.75) is 31.6 Å². The van der Waals surface area contributed by atoms with Crippen molar-refractivity contribution in [2.75, 3.05) is 7.11 Å². The Morgan fingerprint density at radius 3 is 3.05 bits per heavy atom. The van der Waals surface area contributed by atoms with Gasteiger partial charge in [-0.1, -0.05) is 23.4 Å². The number of benzene rings is 1. The van der Waals surface area contributed by atoms with Crippen molar-refractivity contribution in [1.82, 2.24) is 0 Å². The van der Waals surface area contributed by atoms with Crippen LogP contribution in [0.25, 0.3) is 0 Å². The summed E-state index contributed by atoms with van der Waals surface area (Å²) in [6.45, 7) is 0. The number of amidine groups is 1. The van der Waals surface area contributed by atoms with Crippen LogP contribution in [-0.4, -0.2) is 24.1 Å². The Morgan fingerprint density at radius 2 is 2.37 bits per heavy atom. The Morgan fingerprint density at radius 1 is 1.58 bits per heavy atom. The molecule has 0 heterocycles. The molecular formula is C14H18N2O3. The molecule has 0 aliphatic heterocycles. The number of methoxy groups -OCH3 is 1. The molecule has 1 atom stereocenters. The standard InChI is InChI=1S/C14H18N2O3/c1-19-13(17)8-6-9-5-7-11-10(9)3-2-4-12(11)14(15)16-18/h2-4,9,18H,5-8H2,1H3,(H2,15,16)/t9-/m1/s1. The molecular weight excluding hydrogens is 244 g/mol. The number of fused-ring (bicyclic) bond motifs is 1. The monoisotopic (exact) mass is 262 g/mol. The van der Waals surface area contributed by atoms with Gasteiger partial charge in [0.2, 0.25) is 0 Å². The van der Waals surface area contributed by atoms with Crippen LogP contribution in [0.15, 0.2) is 23.4 Å². The Labute approximate surface area is 112 Å². The molecule has 0 spiro atoms. The number of hydrogen-bond donors (Lipinski definition) is 2. The number of oxime groups is 1. The first-order chi connectivity index (χ1) is 9.17. The largest absolute Gasteiger partial charge is 0.469 e. The van der Waals surface area contributed by atoms with Gasteiger partial charge in [-0.2, -0.15) is 0 Å². The summed E-state index contributed by atoms with van der Waals surface area (Å²) in [6, 6.07) is 5.82. The molecule has 0 bridgehead atoms. The average molecular weight is 262 g/mol. The molecule has 0 aromatic heterocycles. The third-order valence-electron chi connectivity index (χ3n) is 3.70. The molecule has 1 aliphatic rings. The number of ether oxygens (including phenoxy) is 1. The molecule has 19 heavy (non-hydrogen) atoms. The van der Waals surface area contributed by atoms with Gasteiger partial charge in [-0.25, -0.2) is 0 Å². The summed E-state index contributed by atoms with van der Waals surface area (Å²) in [5, 5.41) is 11.9. The molecule has 0 unspecified atom stereocenters. The summed E-state index contributed by atoms with van der Waals surface area (Å²) in [7, 11) is 1.40. The zero-order chi connectivity index (χ0) is 13.8. The summed E-state index contributed by atoms with van der Waals surface area (Å²) in [6.07, 6.45) is 3.09. The van der Waals surface area contributed by atoms with E-state index in [1.54, 1.807) is 0 Å². The van der Waals surface area contributed by atoms with Crippen molar-refractivity contribution in [2.24, 2.45) is 10.9 Å². The highest BCUT2D eigenvalue weighted by molar-refractivity contribution is 5.98. The Balaban J connectivity index is 2.19. The van der Waals surface area contributed by atoms with Gasteiger partial charge in [0.25, 0.3) is 0 Å². The minimum atomic E-state index is -0.180. The lowest BCUT2D eigenvalue weighted by molar-refractivity contribution is -0.140. The summed E-state index contributed by atoms with van der Waals surface area (Å²) in [4.78, 5) is 11.2. The van der Waals surface area contributed by atoms with Crippen molar-refractivity contribution < 1.29 is 14.7 Å². The molecule has 0 saturated heterocycles. The van der Waals surface area contributed by atoms with Crippen LogP contribution in [0.5, 0.6) is 0 Å². The SMILES string of the molecule is COC(=O)CC[C@H]1CCc2c(/C(N)=N\O)cccc21. The van der Waals surface area contributed by atoms with Crippen LogP contribution in [-0.2, 0) is 16.0 Å². The molecule has 102 valence electrons. The second-order valence-electron chi connectivity index (χ2n) is 4.71. The van der Waals surface area contributed by atoms with Gasteiger partial charge in [0, 0.05) is 12.0 Å². The number of esters is 1. The van der Waals surface area contributed by atoms with E-state index >= 15 is 0 Å². The summed E-state index contributed by atoms with van der Waals surface area (Å²) >= 11 is 0. The van der Waals surface area contributed by atoms with Gasteiger partial charge in [0.1, 0.15) is 0 Å². The molecule has 1 aromatic rings. The highest BCUT2D eigenvalue weighted by Gasteiger charge is 2.25. The van der Waals surface area contributed by atoms with Crippen molar-refractivity contribution in [3.63, 3.8) is 0 Å². The predicted molar refractivity (Wildman–Crippen MR) is 71.3 cm³/mol. The van der Waals surface area contributed by atoms with Crippen LogP contribution in [0.3, 0.4) is 0 Å². The molecule has 1 aromatic carbocycles. The first kappa shape index (κ1) is 13.4. The molecule has 2 rings (SSSR count).